The SMILES string of the molecule is CC(=O)C=CCCCCCCCCCCCCc1ccc2c(c1)OCO2. The Labute approximate surface area is 158 Å². The third-order valence-electron chi connectivity index (χ3n) is 4.88. The molecule has 0 atom stereocenters. The second kappa shape index (κ2) is 12.6. The van der Waals surface area contributed by atoms with Gasteiger partial charge in [-0.25, -0.2) is 0 Å². The van der Waals surface area contributed by atoms with Crippen molar-refractivity contribution in [3.8, 4) is 11.5 Å². The van der Waals surface area contributed by atoms with Gasteiger partial charge in [-0.2, -0.15) is 0 Å². The summed E-state index contributed by atoms with van der Waals surface area (Å²) < 4.78 is 10.8. The van der Waals surface area contributed by atoms with Gasteiger partial charge in [0.25, 0.3) is 0 Å². The van der Waals surface area contributed by atoms with Gasteiger partial charge in [0.1, 0.15) is 0 Å². The van der Waals surface area contributed by atoms with Crippen molar-refractivity contribution in [2.24, 2.45) is 0 Å². The van der Waals surface area contributed by atoms with E-state index in [1.807, 2.05) is 12.1 Å². The minimum absolute atomic E-state index is 0.154. The Hall–Kier alpha value is -1.77. The molecule has 1 aliphatic heterocycles. The van der Waals surface area contributed by atoms with Gasteiger partial charge >= 0.3 is 0 Å². The molecule has 0 bridgehead atoms. The van der Waals surface area contributed by atoms with Gasteiger partial charge in [-0.15, -0.1) is 0 Å². The molecule has 1 heterocycles. The summed E-state index contributed by atoms with van der Waals surface area (Å²) in [5.41, 5.74) is 1.35. The van der Waals surface area contributed by atoms with Crippen LogP contribution in [0.4, 0.5) is 0 Å². The van der Waals surface area contributed by atoms with Crippen LogP contribution in [-0.4, -0.2) is 12.6 Å². The number of hydrogen-bond acceptors (Lipinski definition) is 3. The number of ketones is 1. The molecule has 1 aromatic carbocycles. The Morgan fingerprint density at radius 3 is 2.19 bits per heavy atom. The van der Waals surface area contributed by atoms with Crippen molar-refractivity contribution in [2.75, 3.05) is 6.79 Å². The number of hydrogen-bond donors (Lipinski definition) is 0. The van der Waals surface area contributed by atoms with Gasteiger partial charge in [-0.3, -0.25) is 4.79 Å². The first-order valence-electron chi connectivity index (χ1n) is 10.3. The van der Waals surface area contributed by atoms with E-state index in [4.69, 9.17) is 9.47 Å². The molecule has 0 fully saturated rings. The van der Waals surface area contributed by atoms with Crippen LogP contribution in [0.2, 0.25) is 0 Å². The van der Waals surface area contributed by atoms with Crippen LogP contribution in [0.25, 0.3) is 0 Å². The van der Waals surface area contributed by atoms with E-state index in [1.165, 1.54) is 69.8 Å². The number of ether oxygens (including phenoxy) is 2. The summed E-state index contributed by atoms with van der Waals surface area (Å²) in [6.07, 6.45) is 19.1. The normalized spacial score (nSPS) is 12.8. The smallest absolute Gasteiger partial charge is 0.231 e. The van der Waals surface area contributed by atoms with Crippen LogP contribution in [-0.2, 0) is 11.2 Å². The Morgan fingerprint density at radius 2 is 1.50 bits per heavy atom. The minimum atomic E-state index is 0.154. The van der Waals surface area contributed by atoms with Crippen LogP contribution in [0, 0.1) is 0 Å². The Morgan fingerprint density at radius 1 is 0.885 bits per heavy atom. The molecular formula is C23H34O3. The van der Waals surface area contributed by atoms with Crippen LogP contribution in [0.3, 0.4) is 0 Å². The lowest BCUT2D eigenvalue weighted by Gasteiger charge is -2.04. The molecule has 2 rings (SSSR count). The highest BCUT2D eigenvalue weighted by molar-refractivity contribution is 5.87. The maximum Gasteiger partial charge on any atom is 0.231 e. The summed E-state index contributed by atoms with van der Waals surface area (Å²) in [5, 5.41) is 0. The minimum Gasteiger partial charge on any atom is -0.454 e. The molecule has 1 aliphatic rings. The van der Waals surface area contributed by atoms with Gasteiger partial charge in [0.2, 0.25) is 6.79 Å². The third-order valence-corrected chi connectivity index (χ3v) is 4.88. The first kappa shape index (κ1) is 20.5. The number of carbonyl (C=O) groups is 1. The van der Waals surface area contributed by atoms with E-state index < -0.39 is 0 Å². The fourth-order valence-corrected chi connectivity index (χ4v) is 3.35. The zero-order valence-corrected chi connectivity index (χ0v) is 16.3. The maximum atomic E-state index is 10.8. The van der Waals surface area contributed by atoms with E-state index >= 15 is 0 Å². The van der Waals surface area contributed by atoms with Crippen LogP contribution in [0.1, 0.15) is 83.1 Å². The molecule has 0 saturated heterocycles. The van der Waals surface area contributed by atoms with Crippen molar-refractivity contribution in [3.05, 3.63) is 35.9 Å². The van der Waals surface area contributed by atoms with Gasteiger partial charge in [0.15, 0.2) is 17.3 Å². The van der Waals surface area contributed by atoms with E-state index in [1.54, 1.807) is 13.0 Å². The van der Waals surface area contributed by atoms with Crippen LogP contribution < -0.4 is 9.47 Å². The molecule has 144 valence electrons. The number of fused-ring (bicyclic) bond motifs is 1. The second-order valence-electron chi connectivity index (χ2n) is 7.27. The van der Waals surface area contributed by atoms with Gasteiger partial charge in [0.05, 0.1) is 0 Å². The third kappa shape index (κ3) is 8.55. The van der Waals surface area contributed by atoms with Crippen molar-refractivity contribution in [3.63, 3.8) is 0 Å². The number of aryl methyl sites for hydroxylation is 1. The van der Waals surface area contributed by atoms with Crippen molar-refractivity contribution < 1.29 is 14.3 Å². The molecule has 3 heteroatoms. The molecule has 0 saturated carbocycles. The standard InChI is InChI=1S/C23H34O3/c1-20(24)14-12-10-8-6-4-2-3-5-7-9-11-13-15-21-16-17-22-23(18-21)26-19-25-22/h12,14,16-18H,2-11,13,15,19H2,1H3. The fraction of sp³-hybridized carbons (Fsp3) is 0.609. The monoisotopic (exact) mass is 358 g/mol. The van der Waals surface area contributed by atoms with Gasteiger partial charge in [-0.05, 0) is 56.4 Å². The molecule has 0 aliphatic carbocycles. The highest BCUT2D eigenvalue weighted by atomic mass is 16.7. The summed E-state index contributed by atoms with van der Waals surface area (Å²) in [6, 6.07) is 6.30. The molecule has 0 N–H and O–H groups in total. The Kier molecular flexibility index (Phi) is 9.92. The van der Waals surface area contributed by atoms with Crippen LogP contribution in [0.15, 0.2) is 30.4 Å². The lowest BCUT2D eigenvalue weighted by molar-refractivity contribution is -0.112. The van der Waals surface area contributed by atoms with Crippen LogP contribution in [0.5, 0.6) is 11.5 Å². The quantitative estimate of drug-likeness (QED) is 0.285. The summed E-state index contributed by atoms with van der Waals surface area (Å²) in [7, 11) is 0. The summed E-state index contributed by atoms with van der Waals surface area (Å²) in [6.45, 7) is 1.96. The van der Waals surface area contributed by atoms with Crippen molar-refractivity contribution >= 4 is 5.78 Å². The number of carbonyl (C=O) groups excluding carboxylic acids is 1. The predicted octanol–water partition coefficient (Wildman–Crippen LogP) is 6.39. The van der Waals surface area contributed by atoms with Gasteiger partial charge in [0, 0.05) is 0 Å². The first-order valence-corrected chi connectivity index (χ1v) is 10.3. The van der Waals surface area contributed by atoms with Gasteiger partial charge < -0.3 is 9.47 Å². The summed E-state index contributed by atoms with van der Waals surface area (Å²) in [4.78, 5) is 10.8. The number of benzene rings is 1. The molecule has 0 amide bonds. The molecular weight excluding hydrogens is 324 g/mol. The Balaban J connectivity index is 1.36. The zero-order valence-electron chi connectivity index (χ0n) is 16.3. The average Bonchev–Trinajstić information content (AvgIpc) is 3.09. The molecule has 0 unspecified atom stereocenters. The lowest BCUT2D eigenvalue weighted by atomic mass is 10.0. The number of unbranched alkanes of at least 4 members (excludes halogenated alkanes) is 10. The van der Waals surface area contributed by atoms with E-state index in [-0.39, 0.29) is 5.78 Å². The summed E-state index contributed by atoms with van der Waals surface area (Å²) >= 11 is 0. The molecule has 1 aromatic rings. The molecule has 26 heavy (non-hydrogen) atoms. The predicted molar refractivity (Wildman–Crippen MR) is 107 cm³/mol. The molecule has 0 aromatic heterocycles. The largest absolute Gasteiger partial charge is 0.454 e. The van der Waals surface area contributed by atoms with E-state index in [0.29, 0.717) is 6.79 Å². The Bertz CT molecular complexity index is 563. The average molecular weight is 359 g/mol. The topological polar surface area (TPSA) is 35.5 Å². The highest BCUT2D eigenvalue weighted by Crippen LogP contribution is 2.32. The fourth-order valence-electron chi connectivity index (χ4n) is 3.35. The summed E-state index contributed by atoms with van der Waals surface area (Å²) in [5.74, 6) is 1.93. The first-order chi connectivity index (χ1) is 12.8. The second-order valence-corrected chi connectivity index (χ2v) is 7.27. The van der Waals surface area contributed by atoms with Gasteiger partial charge in [-0.1, -0.05) is 63.5 Å². The molecule has 0 spiro atoms. The van der Waals surface area contributed by atoms with Crippen molar-refractivity contribution in [1.29, 1.82) is 0 Å². The number of allylic oxidation sites excluding steroid dienone is 2. The molecule has 3 nitrogen and oxygen atoms in total. The van der Waals surface area contributed by atoms with E-state index in [0.717, 1.165) is 24.3 Å². The van der Waals surface area contributed by atoms with E-state index in [9.17, 15) is 4.79 Å². The molecule has 0 radical (unpaired) electrons. The maximum absolute atomic E-state index is 10.8. The number of rotatable bonds is 14. The van der Waals surface area contributed by atoms with Crippen molar-refractivity contribution in [1.82, 2.24) is 0 Å². The zero-order chi connectivity index (χ0) is 18.5. The van der Waals surface area contributed by atoms with Crippen molar-refractivity contribution in [2.45, 2.75) is 84.0 Å². The lowest BCUT2D eigenvalue weighted by Crippen LogP contribution is -1.93. The van der Waals surface area contributed by atoms with E-state index in [2.05, 4.69) is 12.1 Å². The highest BCUT2D eigenvalue weighted by Gasteiger charge is 2.12. The van der Waals surface area contributed by atoms with Crippen LogP contribution >= 0.6 is 0 Å².